The Balaban J connectivity index is 1.18. The number of pyridine rings is 2. The van der Waals surface area contributed by atoms with E-state index >= 15 is 0 Å². The van der Waals surface area contributed by atoms with Crippen LogP contribution in [0.25, 0.3) is 10.9 Å². The van der Waals surface area contributed by atoms with Gasteiger partial charge in [-0.15, -0.1) is 0 Å². The number of rotatable bonds is 5. The highest BCUT2D eigenvalue weighted by atomic mass is 15.2. The van der Waals surface area contributed by atoms with Crippen molar-refractivity contribution in [3.63, 3.8) is 0 Å². The second kappa shape index (κ2) is 8.31. The minimum Gasteiger partial charge on any atom is -0.367 e. The van der Waals surface area contributed by atoms with Crippen molar-refractivity contribution >= 4 is 28.4 Å². The number of H-pyrrole nitrogens is 1. The Hall–Kier alpha value is -3.18. The molecule has 2 bridgehead atoms. The minimum atomic E-state index is 0.304. The topological polar surface area (TPSA) is 114 Å². The van der Waals surface area contributed by atoms with Gasteiger partial charge in [-0.3, -0.25) is 10.1 Å². The van der Waals surface area contributed by atoms with Crippen LogP contribution in [0, 0.1) is 36.0 Å². The molecule has 6 rings (SSSR count). The predicted molar refractivity (Wildman–Crippen MR) is 128 cm³/mol. The number of aromatic amines is 1. The van der Waals surface area contributed by atoms with Gasteiger partial charge in [-0.05, 0) is 69.4 Å². The quantitative estimate of drug-likeness (QED) is 0.467. The van der Waals surface area contributed by atoms with Gasteiger partial charge >= 0.3 is 0 Å². The summed E-state index contributed by atoms with van der Waals surface area (Å²) in [6.45, 7) is 1.98. The van der Waals surface area contributed by atoms with Crippen LogP contribution in [0.5, 0.6) is 0 Å². The van der Waals surface area contributed by atoms with E-state index < -0.39 is 0 Å². The Morgan fingerprint density at radius 1 is 1.03 bits per heavy atom. The predicted octanol–water partition coefficient (Wildman–Crippen LogP) is 4.27. The third-order valence-corrected chi connectivity index (χ3v) is 7.71. The zero-order valence-electron chi connectivity index (χ0n) is 18.9. The number of aromatic nitrogens is 4. The smallest absolute Gasteiger partial charge is 0.153 e. The number of nitrogens with zero attached hydrogens (tertiary/aromatic N) is 4. The van der Waals surface area contributed by atoms with Gasteiger partial charge in [0.05, 0.1) is 11.6 Å². The van der Waals surface area contributed by atoms with E-state index in [-0.39, 0.29) is 0 Å². The Labute approximate surface area is 193 Å². The molecular formula is C25H30N8. The first-order valence-corrected chi connectivity index (χ1v) is 12.1. The van der Waals surface area contributed by atoms with Crippen LogP contribution in [-0.2, 0) is 0 Å². The van der Waals surface area contributed by atoms with Gasteiger partial charge in [-0.1, -0.05) is 0 Å². The van der Waals surface area contributed by atoms with E-state index in [0.29, 0.717) is 24.0 Å². The third kappa shape index (κ3) is 4.13. The zero-order valence-corrected chi connectivity index (χ0v) is 18.9. The summed E-state index contributed by atoms with van der Waals surface area (Å²) in [6, 6.07) is 11.9. The molecule has 0 aromatic carbocycles. The molecule has 2 unspecified atom stereocenters. The van der Waals surface area contributed by atoms with Crippen molar-refractivity contribution in [2.45, 2.75) is 63.6 Å². The van der Waals surface area contributed by atoms with Crippen molar-refractivity contribution in [3.05, 3.63) is 36.2 Å². The molecule has 5 heterocycles. The Morgan fingerprint density at radius 3 is 2.55 bits per heavy atom. The number of fused-ring (bicyclic) bond motifs is 3. The summed E-state index contributed by atoms with van der Waals surface area (Å²) in [5, 5.41) is 28.3. The van der Waals surface area contributed by atoms with E-state index in [1.54, 1.807) is 0 Å². The maximum absolute atomic E-state index is 9.13. The normalized spacial score (nSPS) is 30.9. The first kappa shape index (κ1) is 20.4. The van der Waals surface area contributed by atoms with Crippen LogP contribution in [0.3, 0.4) is 0 Å². The van der Waals surface area contributed by atoms with Gasteiger partial charge in [-0.2, -0.15) is 10.4 Å². The van der Waals surface area contributed by atoms with Crippen LogP contribution in [-0.4, -0.2) is 38.3 Å². The van der Waals surface area contributed by atoms with Gasteiger partial charge in [-0.25, -0.2) is 4.98 Å². The summed E-state index contributed by atoms with van der Waals surface area (Å²) in [5.74, 6) is 4.21. The first-order chi connectivity index (χ1) is 16.1. The second-order valence-electron chi connectivity index (χ2n) is 10.1. The summed E-state index contributed by atoms with van der Waals surface area (Å²) in [6.07, 6.45) is 8.70. The lowest BCUT2D eigenvalue weighted by Crippen LogP contribution is -2.55. The van der Waals surface area contributed by atoms with Gasteiger partial charge < -0.3 is 16.0 Å². The highest BCUT2D eigenvalue weighted by molar-refractivity contribution is 5.91. The molecule has 3 aromatic heterocycles. The zero-order chi connectivity index (χ0) is 22.4. The Bertz CT molecular complexity index is 1180. The summed E-state index contributed by atoms with van der Waals surface area (Å²) < 4.78 is 0. The molecule has 2 aliphatic heterocycles. The fourth-order valence-corrected chi connectivity index (χ4v) is 6.12. The van der Waals surface area contributed by atoms with Crippen LogP contribution < -0.4 is 16.0 Å². The highest BCUT2D eigenvalue weighted by Crippen LogP contribution is 2.45. The molecule has 3 aliphatic rings. The van der Waals surface area contributed by atoms with Crippen molar-refractivity contribution in [2.75, 3.05) is 10.6 Å². The van der Waals surface area contributed by atoms with E-state index in [4.69, 9.17) is 10.2 Å². The second-order valence-corrected chi connectivity index (χ2v) is 10.1. The maximum atomic E-state index is 9.13. The summed E-state index contributed by atoms with van der Waals surface area (Å²) in [5.41, 5.74) is 1.91. The molecular weight excluding hydrogens is 412 g/mol. The van der Waals surface area contributed by atoms with E-state index in [0.717, 1.165) is 71.6 Å². The van der Waals surface area contributed by atoms with Gasteiger partial charge in [0.15, 0.2) is 5.82 Å². The van der Waals surface area contributed by atoms with Crippen molar-refractivity contribution in [1.82, 2.24) is 25.5 Å². The molecule has 4 N–H and O–H groups in total. The van der Waals surface area contributed by atoms with Gasteiger partial charge in [0.1, 0.15) is 11.6 Å². The number of hydrogen-bond acceptors (Lipinski definition) is 7. The summed E-state index contributed by atoms with van der Waals surface area (Å²) in [4.78, 5) is 9.48. The van der Waals surface area contributed by atoms with E-state index in [2.05, 4.69) is 43.3 Å². The molecule has 8 nitrogen and oxygen atoms in total. The summed E-state index contributed by atoms with van der Waals surface area (Å²) in [7, 11) is 0. The van der Waals surface area contributed by atoms with Gasteiger partial charge in [0, 0.05) is 53.5 Å². The van der Waals surface area contributed by atoms with Crippen molar-refractivity contribution < 1.29 is 0 Å². The minimum absolute atomic E-state index is 0.304. The standard InChI is InChI=1S/C25H30N8/c1-14-5-24(33-32-14)30-23-12-22-21(3-2-4-27-22)25(31-23)29-20-10-18-8-17(9-19(11-20)28-18)16-6-15(7-16)13-26/h2-5,12,15-20,28H,6-11H2,1H3,(H3,29,30,31,32,33)/t15-,16-,17?,18-,19?,20-/m0/s1. The molecule has 33 heavy (non-hydrogen) atoms. The lowest BCUT2D eigenvalue weighted by Gasteiger charge is -2.48. The lowest BCUT2D eigenvalue weighted by atomic mass is 9.63. The molecule has 0 spiro atoms. The number of nitriles is 1. The Kier molecular flexibility index (Phi) is 5.14. The molecule has 0 radical (unpaired) electrons. The Morgan fingerprint density at radius 2 is 1.82 bits per heavy atom. The molecule has 8 heteroatoms. The van der Waals surface area contributed by atoms with Crippen LogP contribution in [0.4, 0.5) is 17.5 Å². The molecule has 1 aliphatic carbocycles. The highest BCUT2D eigenvalue weighted by Gasteiger charge is 2.42. The average molecular weight is 443 g/mol. The molecule has 4 atom stereocenters. The number of piperidine rings is 2. The molecule has 170 valence electrons. The van der Waals surface area contributed by atoms with Crippen LogP contribution in [0.2, 0.25) is 0 Å². The number of nitrogens with one attached hydrogen (secondary N) is 4. The molecule has 2 saturated heterocycles. The number of hydrogen-bond donors (Lipinski definition) is 4. The fraction of sp³-hybridized carbons (Fsp3) is 0.520. The van der Waals surface area contributed by atoms with Gasteiger partial charge in [0.2, 0.25) is 0 Å². The van der Waals surface area contributed by atoms with E-state index in [9.17, 15) is 0 Å². The average Bonchev–Trinajstić information content (AvgIpc) is 3.17. The fourth-order valence-electron chi connectivity index (χ4n) is 6.12. The maximum Gasteiger partial charge on any atom is 0.153 e. The van der Waals surface area contributed by atoms with Crippen molar-refractivity contribution in [1.29, 1.82) is 5.26 Å². The molecule has 1 saturated carbocycles. The van der Waals surface area contributed by atoms with Crippen LogP contribution >= 0.6 is 0 Å². The van der Waals surface area contributed by atoms with Gasteiger partial charge in [0.25, 0.3) is 0 Å². The van der Waals surface area contributed by atoms with Crippen LogP contribution in [0.15, 0.2) is 30.5 Å². The first-order valence-electron chi connectivity index (χ1n) is 12.1. The monoisotopic (exact) mass is 442 g/mol. The largest absolute Gasteiger partial charge is 0.367 e. The SMILES string of the molecule is Cc1cc(Nc2cc3ncccc3c(N[C@@H]3CC4CC([C@H]5C[C@H](C#N)C5)C[C@@H](C3)N4)n2)n[nH]1. The summed E-state index contributed by atoms with van der Waals surface area (Å²) >= 11 is 0. The molecule has 0 amide bonds. The third-order valence-electron chi connectivity index (χ3n) is 7.71. The van der Waals surface area contributed by atoms with Crippen LogP contribution in [0.1, 0.15) is 44.2 Å². The number of aryl methyl sites for hydroxylation is 1. The lowest BCUT2D eigenvalue weighted by molar-refractivity contribution is 0.0770. The van der Waals surface area contributed by atoms with E-state index in [1.165, 1.54) is 12.8 Å². The number of anilines is 3. The molecule has 3 aromatic rings. The van der Waals surface area contributed by atoms with Crippen molar-refractivity contribution in [2.24, 2.45) is 17.8 Å². The van der Waals surface area contributed by atoms with E-state index in [1.807, 2.05) is 31.3 Å². The van der Waals surface area contributed by atoms with Crippen molar-refractivity contribution in [3.8, 4) is 6.07 Å². The molecule has 3 fully saturated rings.